The van der Waals surface area contributed by atoms with Gasteiger partial charge in [-0.2, -0.15) is 0 Å². The van der Waals surface area contributed by atoms with Gasteiger partial charge in [-0.15, -0.1) is 0 Å². The van der Waals surface area contributed by atoms with Crippen molar-refractivity contribution in [2.75, 3.05) is 5.32 Å². The predicted molar refractivity (Wildman–Crippen MR) is 70.5 cm³/mol. The van der Waals surface area contributed by atoms with E-state index in [1.807, 2.05) is 38.1 Å². The highest BCUT2D eigenvalue weighted by molar-refractivity contribution is 5.90. The number of carbonyl (C=O) groups excluding carboxylic acids is 1. The van der Waals surface area contributed by atoms with Crippen LogP contribution in [0.1, 0.15) is 16.9 Å². The van der Waals surface area contributed by atoms with Gasteiger partial charge in [-0.1, -0.05) is 18.2 Å². The minimum Gasteiger partial charge on any atom is -0.467 e. The standard InChI is InChI=1S/C14H16N2O2/c1-10-5-3-6-11(2)13(10)16-14(17)15-9-12-7-4-8-18-12/h3-8H,9H2,1-2H3,(H2,15,16,17). The molecule has 0 unspecified atom stereocenters. The van der Waals surface area contributed by atoms with E-state index in [4.69, 9.17) is 4.42 Å². The molecule has 0 aliphatic heterocycles. The molecule has 4 heteroatoms. The first-order valence-corrected chi connectivity index (χ1v) is 5.80. The van der Waals surface area contributed by atoms with Crippen LogP contribution in [0.4, 0.5) is 10.5 Å². The topological polar surface area (TPSA) is 54.3 Å². The Balaban J connectivity index is 1.95. The summed E-state index contributed by atoms with van der Waals surface area (Å²) in [5.74, 6) is 0.728. The van der Waals surface area contributed by atoms with Crippen LogP contribution in [0.25, 0.3) is 0 Å². The van der Waals surface area contributed by atoms with E-state index < -0.39 is 0 Å². The van der Waals surface area contributed by atoms with Crippen molar-refractivity contribution in [1.82, 2.24) is 5.32 Å². The maximum Gasteiger partial charge on any atom is 0.319 e. The molecule has 1 aromatic carbocycles. The molecule has 0 radical (unpaired) electrons. The molecule has 0 atom stereocenters. The van der Waals surface area contributed by atoms with E-state index in [0.717, 1.165) is 22.6 Å². The van der Waals surface area contributed by atoms with Crippen molar-refractivity contribution in [3.05, 3.63) is 53.5 Å². The van der Waals surface area contributed by atoms with Crippen LogP contribution in [0.15, 0.2) is 41.0 Å². The Kier molecular flexibility index (Phi) is 3.67. The van der Waals surface area contributed by atoms with Crippen LogP contribution in [0, 0.1) is 13.8 Å². The summed E-state index contributed by atoms with van der Waals surface area (Å²) in [4.78, 5) is 11.7. The Labute approximate surface area is 106 Å². The van der Waals surface area contributed by atoms with Crippen LogP contribution >= 0.6 is 0 Å². The summed E-state index contributed by atoms with van der Waals surface area (Å²) < 4.78 is 5.14. The van der Waals surface area contributed by atoms with Gasteiger partial charge in [0.05, 0.1) is 12.8 Å². The molecule has 0 spiro atoms. The van der Waals surface area contributed by atoms with Crippen LogP contribution in [0.3, 0.4) is 0 Å². The van der Waals surface area contributed by atoms with Gasteiger partial charge in [-0.05, 0) is 37.1 Å². The van der Waals surface area contributed by atoms with Gasteiger partial charge >= 0.3 is 6.03 Å². The Morgan fingerprint density at radius 1 is 1.17 bits per heavy atom. The summed E-state index contributed by atoms with van der Waals surface area (Å²) in [6.07, 6.45) is 1.58. The maximum atomic E-state index is 11.7. The zero-order valence-electron chi connectivity index (χ0n) is 10.5. The third-order valence-electron chi connectivity index (χ3n) is 2.72. The van der Waals surface area contributed by atoms with Gasteiger partial charge in [0.15, 0.2) is 0 Å². The van der Waals surface area contributed by atoms with Gasteiger partial charge in [0.2, 0.25) is 0 Å². The molecule has 4 nitrogen and oxygen atoms in total. The fourth-order valence-corrected chi connectivity index (χ4v) is 1.75. The Morgan fingerprint density at radius 2 is 1.89 bits per heavy atom. The van der Waals surface area contributed by atoms with Gasteiger partial charge in [-0.3, -0.25) is 0 Å². The van der Waals surface area contributed by atoms with Crippen LogP contribution in [0.2, 0.25) is 0 Å². The monoisotopic (exact) mass is 244 g/mol. The van der Waals surface area contributed by atoms with Crippen LogP contribution in [-0.4, -0.2) is 6.03 Å². The first kappa shape index (κ1) is 12.2. The van der Waals surface area contributed by atoms with E-state index in [0.29, 0.717) is 6.54 Å². The quantitative estimate of drug-likeness (QED) is 0.871. The van der Waals surface area contributed by atoms with Crippen molar-refractivity contribution in [2.45, 2.75) is 20.4 Å². The number of nitrogens with one attached hydrogen (secondary N) is 2. The van der Waals surface area contributed by atoms with E-state index in [1.165, 1.54) is 0 Å². The predicted octanol–water partition coefficient (Wildman–Crippen LogP) is 3.22. The van der Waals surface area contributed by atoms with Crippen LogP contribution in [0.5, 0.6) is 0 Å². The number of para-hydroxylation sites is 1. The third kappa shape index (κ3) is 2.91. The zero-order valence-corrected chi connectivity index (χ0v) is 10.5. The lowest BCUT2D eigenvalue weighted by Crippen LogP contribution is -2.28. The van der Waals surface area contributed by atoms with Crippen molar-refractivity contribution in [2.24, 2.45) is 0 Å². The number of hydrogen-bond acceptors (Lipinski definition) is 2. The van der Waals surface area contributed by atoms with Crippen molar-refractivity contribution in [3.8, 4) is 0 Å². The number of aryl methyl sites for hydroxylation is 2. The first-order chi connectivity index (χ1) is 8.66. The molecule has 1 aromatic heterocycles. The number of amides is 2. The van der Waals surface area contributed by atoms with Gasteiger partial charge in [0.25, 0.3) is 0 Å². The Bertz CT molecular complexity index is 512. The largest absolute Gasteiger partial charge is 0.467 e. The number of anilines is 1. The maximum absolute atomic E-state index is 11.7. The lowest BCUT2D eigenvalue weighted by molar-refractivity contribution is 0.251. The van der Waals surface area contributed by atoms with E-state index in [-0.39, 0.29) is 6.03 Å². The summed E-state index contributed by atoms with van der Waals surface area (Å²) >= 11 is 0. The smallest absolute Gasteiger partial charge is 0.319 e. The van der Waals surface area contributed by atoms with Gasteiger partial charge in [0.1, 0.15) is 5.76 Å². The molecule has 0 saturated carbocycles. The fraction of sp³-hybridized carbons (Fsp3) is 0.214. The molecule has 0 aliphatic carbocycles. The third-order valence-corrected chi connectivity index (χ3v) is 2.72. The lowest BCUT2D eigenvalue weighted by atomic mass is 10.1. The van der Waals surface area contributed by atoms with Gasteiger partial charge in [-0.25, -0.2) is 4.79 Å². The zero-order chi connectivity index (χ0) is 13.0. The summed E-state index contributed by atoms with van der Waals surface area (Å²) in [7, 11) is 0. The lowest BCUT2D eigenvalue weighted by Gasteiger charge is -2.11. The summed E-state index contributed by atoms with van der Waals surface area (Å²) in [6.45, 7) is 4.31. The molecule has 2 amide bonds. The van der Waals surface area contributed by atoms with Gasteiger partial charge < -0.3 is 15.1 Å². The highest BCUT2D eigenvalue weighted by Crippen LogP contribution is 2.19. The van der Waals surface area contributed by atoms with E-state index in [9.17, 15) is 4.79 Å². The molecule has 0 fully saturated rings. The number of hydrogen-bond donors (Lipinski definition) is 2. The molecule has 2 rings (SSSR count). The highest BCUT2D eigenvalue weighted by atomic mass is 16.3. The van der Waals surface area contributed by atoms with Crippen molar-refractivity contribution < 1.29 is 9.21 Å². The van der Waals surface area contributed by atoms with Gasteiger partial charge in [0, 0.05) is 5.69 Å². The second kappa shape index (κ2) is 5.40. The second-order valence-electron chi connectivity index (χ2n) is 4.15. The molecule has 1 heterocycles. The molecule has 0 bridgehead atoms. The molecular formula is C14H16N2O2. The number of rotatable bonds is 3. The molecule has 2 N–H and O–H groups in total. The second-order valence-corrected chi connectivity index (χ2v) is 4.15. The normalized spacial score (nSPS) is 10.1. The minimum atomic E-state index is -0.233. The van der Waals surface area contributed by atoms with Crippen LogP contribution in [-0.2, 0) is 6.54 Å². The number of furan rings is 1. The molecule has 18 heavy (non-hydrogen) atoms. The summed E-state index contributed by atoms with van der Waals surface area (Å²) in [5, 5.41) is 5.59. The Morgan fingerprint density at radius 3 is 2.50 bits per heavy atom. The van der Waals surface area contributed by atoms with Crippen LogP contribution < -0.4 is 10.6 Å². The van der Waals surface area contributed by atoms with Crippen molar-refractivity contribution in [1.29, 1.82) is 0 Å². The number of carbonyl (C=O) groups is 1. The first-order valence-electron chi connectivity index (χ1n) is 5.80. The molecule has 2 aromatic rings. The highest BCUT2D eigenvalue weighted by Gasteiger charge is 2.06. The van der Waals surface area contributed by atoms with E-state index in [2.05, 4.69) is 10.6 Å². The minimum absolute atomic E-state index is 0.233. The fourth-order valence-electron chi connectivity index (χ4n) is 1.75. The molecule has 0 aliphatic rings. The van der Waals surface area contributed by atoms with E-state index in [1.54, 1.807) is 12.3 Å². The van der Waals surface area contributed by atoms with E-state index >= 15 is 0 Å². The SMILES string of the molecule is Cc1cccc(C)c1NC(=O)NCc1ccco1. The summed E-state index contributed by atoms with van der Waals surface area (Å²) in [5.41, 5.74) is 2.95. The molecule has 0 saturated heterocycles. The number of benzene rings is 1. The average molecular weight is 244 g/mol. The summed E-state index contributed by atoms with van der Waals surface area (Å²) in [6, 6.07) is 9.28. The number of urea groups is 1. The molecular weight excluding hydrogens is 228 g/mol. The molecule has 94 valence electrons. The Hall–Kier alpha value is -2.23. The average Bonchev–Trinajstić information content (AvgIpc) is 2.84. The van der Waals surface area contributed by atoms with Crippen molar-refractivity contribution in [3.63, 3.8) is 0 Å². The van der Waals surface area contributed by atoms with Crippen molar-refractivity contribution >= 4 is 11.7 Å².